The number of carbonyl (C=O) groups is 1. The highest BCUT2D eigenvalue weighted by atomic mass is 16.5. The molecule has 28 heavy (non-hydrogen) atoms. The number of hydrogen-bond acceptors (Lipinski definition) is 3. The Kier molecular flexibility index (Phi) is 12.1. The number of unbranched alkanes of at least 4 members (excludes halogenated alkanes) is 9. The standard InChI is InChI=1S/C25H42O3/c1-5-7-8-9-10-11-12-13-14-15-16-23(24(26)28-6-2)25(4,27)22-19-17-21(3)18-20-22/h17-20,23,27H,5-16H2,1-4H3/t23-,25+/m0/s1. The molecule has 0 heterocycles. The lowest BCUT2D eigenvalue weighted by molar-refractivity contribution is -0.158. The molecule has 0 radical (unpaired) electrons. The summed E-state index contributed by atoms with van der Waals surface area (Å²) in [6.45, 7) is 8.17. The number of aryl methyl sites for hydroxylation is 1. The second-order valence-corrected chi connectivity index (χ2v) is 8.29. The second kappa shape index (κ2) is 13.8. The molecule has 2 atom stereocenters. The molecule has 160 valence electrons. The lowest BCUT2D eigenvalue weighted by Crippen LogP contribution is -2.38. The Morgan fingerprint density at radius 2 is 1.43 bits per heavy atom. The fourth-order valence-electron chi connectivity index (χ4n) is 3.80. The third kappa shape index (κ3) is 8.77. The molecule has 0 spiro atoms. The van der Waals surface area contributed by atoms with Crippen LogP contribution in [0.15, 0.2) is 24.3 Å². The van der Waals surface area contributed by atoms with E-state index in [4.69, 9.17) is 4.74 Å². The first-order chi connectivity index (χ1) is 13.4. The van der Waals surface area contributed by atoms with Gasteiger partial charge in [0.15, 0.2) is 0 Å². The largest absolute Gasteiger partial charge is 0.466 e. The Hall–Kier alpha value is -1.35. The Morgan fingerprint density at radius 3 is 1.93 bits per heavy atom. The molecule has 1 aromatic carbocycles. The molecule has 0 saturated heterocycles. The molecular weight excluding hydrogens is 348 g/mol. The monoisotopic (exact) mass is 390 g/mol. The first-order valence-electron chi connectivity index (χ1n) is 11.4. The number of rotatable bonds is 15. The van der Waals surface area contributed by atoms with Crippen molar-refractivity contribution in [3.8, 4) is 0 Å². The van der Waals surface area contributed by atoms with Gasteiger partial charge in [-0.2, -0.15) is 0 Å². The van der Waals surface area contributed by atoms with Crippen LogP contribution >= 0.6 is 0 Å². The van der Waals surface area contributed by atoms with Gasteiger partial charge in [0.1, 0.15) is 5.60 Å². The lowest BCUT2D eigenvalue weighted by Gasteiger charge is -2.32. The van der Waals surface area contributed by atoms with Crippen molar-refractivity contribution in [2.24, 2.45) is 5.92 Å². The van der Waals surface area contributed by atoms with E-state index in [0.717, 1.165) is 24.0 Å². The number of aliphatic hydroxyl groups is 1. The molecule has 3 heteroatoms. The van der Waals surface area contributed by atoms with Gasteiger partial charge in [-0.3, -0.25) is 4.79 Å². The van der Waals surface area contributed by atoms with Crippen LogP contribution in [0.1, 0.15) is 103 Å². The molecule has 1 rings (SSSR count). The summed E-state index contributed by atoms with van der Waals surface area (Å²) in [6.07, 6.45) is 13.2. The minimum atomic E-state index is -1.21. The van der Waals surface area contributed by atoms with E-state index in [-0.39, 0.29) is 5.97 Å². The number of esters is 1. The lowest BCUT2D eigenvalue weighted by atomic mass is 9.79. The summed E-state index contributed by atoms with van der Waals surface area (Å²) in [4.78, 5) is 12.5. The Labute approximate surface area is 172 Å². The van der Waals surface area contributed by atoms with E-state index < -0.39 is 11.5 Å². The van der Waals surface area contributed by atoms with Gasteiger partial charge in [-0.25, -0.2) is 0 Å². The Bertz CT molecular complexity index is 533. The third-order valence-electron chi connectivity index (χ3n) is 5.73. The fourth-order valence-corrected chi connectivity index (χ4v) is 3.80. The summed E-state index contributed by atoms with van der Waals surface area (Å²) >= 11 is 0. The predicted molar refractivity (Wildman–Crippen MR) is 117 cm³/mol. The average Bonchev–Trinajstić information content (AvgIpc) is 2.66. The van der Waals surface area contributed by atoms with Crippen molar-refractivity contribution in [3.05, 3.63) is 35.4 Å². The van der Waals surface area contributed by atoms with E-state index in [2.05, 4.69) is 6.92 Å². The van der Waals surface area contributed by atoms with E-state index in [1.807, 2.05) is 38.1 Å². The van der Waals surface area contributed by atoms with Crippen LogP contribution in [0.3, 0.4) is 0 Å². The molecule has 0 amide bonds. The van der Waals surface area contributed by atoms with Crippen LogP contribution in [0, 0.1) is 12.8 Å². The van der Waals surface area contributed by atoms with E-state index in [0.29, 0.717) is 13.0 Å². The van der Waals surface area contributed by atoms with E-state index in [9.17, 15) is 9.90 Å². The zero-order valence-corrected chi connectivity index (χ0v) is 18.6. The second-order valence-electron chi connectivity index (χ2n) is 8.29. The average molecular weight is 391 g/mol. The van der Waals surface area contributed by atoms with Gasteiger partial charge in [-0.05, 0) is 32.8 Å². The normalized spacial score (nSPS) is 14.5. The van der Waals surface area contributed by atoms with Crippen LogP contribution in [-0.2, 0) is 15.1 Å². The van der Waals surface area contributed by atoms with Crippen molar-refractivity contribution in [3.63, 3.8) is 0 Å². The molecule has 0 unspecified atom stereocenters. The van der Waals surface area contributed by atoms with Crippen molar-refractivity contribution < 1.29 is 14.6 Å². The Balaban J connectivity index is 2.48. The van der Waals surface area contributed by atoms with Crippen molar-refractivity contribution in [1.29, 1.82) is 0 Å². The van der Waals surface area contributed by atoms with Gasteiger partial charge in [0.25, 0.3) is 0 Å². The maximum atomic E-state index is 12.5. The van der Waals surface area contributed by atoms with Gasteiger partial charge in [0, 0.05) is 0 Å². The van der Waals surface area contributed by atoms with E-state index >= 15 is 0 Å². The van der Waals surface area contributed by atoms with Crippen molar-refractivity contribution in [1.82, 2.24) is 0 Å². The SMILES string of the molecule is CCCCCCCCCCCC[C@@H](C(=O)OCC)[C@](C)(O)c1ccc(C)cc1. The number of carbonyl (C=O) groups excluding carboxylic acids is 1. The number of hydrogen-bond donors (Lipinski definition) is 1. The number of benzene rings is 1. The third-order valence-corrected chi connectivity index (χ3v) is 5.73. The molecular formula is C25H42O3. The molecule has 0 aromatic heterocycles. The molecule has 0 saturated carbocycles. The molecule has 0 aliphatic carbocycles. The summed E-state index contributed by atoms with van der Waals surface area (Å²) in [5.74, 6) is -0.812. The minimum Gasteiger partial charge on any atom is -0.466 e. The van der Waals surface area contributed by atoms with Gasteiger partial charge >= 0.3 is 5.97 Å². The highest BCUT2D eigenvalue weighted by Gasteiger charge is 2.39. The van der Waals surface area contributed by atoms with Crippen LogP contribution < -0.4 is 0 Å². The van der Waals surface area contributed by atoms with Crippen molar-refractivity contribution in [2.45, 2.75) is 104 Å². The summed E-state index contributed by atoms with van der Waals surface area (Å²) < 4.78 is 5.28. The number of ether oxygens (including phenoxy) is 1. The highest BCUT2D eigenvalue weighted by Crippen LogP contribution is 2.34. The van der Waals surface area contributed by atoms with Crippen LogP contribution in [-0.4, -0.2) is 17.7 Å². The summed E-state index contributed by atoms with van der Waals surface area (Å²) in [5.41, 5.74) is 0.712. The molecule has 0 bridgehead atoms. The van der Waals surface area contributed by atoms with E-state index in [1.165, 1.54) is 51.4 Å². The fraction of sp³-hybridized carbons (Fsp3) is 0.720. The van der Waals surface area contributed by atoms with Gasteiger partial charge in [-0.15, -0.1) is 0 Å². The topological polar surface area (TPSA) is 46.5 Å². The molecule has 0 fully saturated rings. The van der Waals surface area contributed by atoms with Gasteiger partial charge in [0.2, 0.25) is 0 Å². The zero-order valence-electron chi connectivity index (χ0n) is 18.6. The van der Waals surface area contributed by atoms with Crippen molar-refractivity contribution >= 4 is 5.97 Å². The van der Waals surface area contributed by atoms with Crippen LogP contribution in [0.2, 0.25) is 0 Å². The summed E-state index contributed by atoms with van der Waals surface area (Å²) in [5, 5.41) is 11.2. The van der Waals surface area contributed by atoms with Crippen LogP contribution in [0.4, 0.5) is 0 Å². The summed E-state index contributed by atoms with van der Waals surface area (Å²) in [7, 11) is 0. The van der Waals surface area contributed by atoms with E-state index in [1.54, 1.807) is 6.92 Å². The van der Waals surface area contributed by atoms with Crippen molar-refractivity contribution in [2.75, 3.05) is 6.61 Å². The smallest absolute Gasteiger partial charge is 0.312 e. The molecule has 0 aliphatic rings. The van der Waals surface area contributed by atoms with Gasteiger partial charge in [-0.1, -0.05) is 101 Å². The molecule has 3 nitrogen and oxygen atoms in total. The van der Waals surface area contributed by atoms with Gasteiger partial charge < -0.3 is 9.84 Å². The van der Waals surface area contributed by atoms with Crippen LogP contribution in [0.5, 0.6) is 0 Å². The maximum Gasteiger partial charge on any atom is 0.312 e. The quantitative estimate of drug-likeness (QED) is 0.268. The minimum absolute atomic E-state index is 0.288. The maximum absolute atomic E-state index is 12.5. The van der Waals surface area contributed by atoms with Crippen LogP contribution in [0.25, 0.3) is 0 Å². The summed E-state index contributed by atoms with van der Waals surface area (Å²) in [6, 6.07) is 7.79. The zero-order chi connectivity index (χ0) is 20.8. The Morgan fingerprint density at radius 1 is 0.929 bits per heavy atom. The molecule has 1 N–H and O–H groups in total. The first kappa shape index (κ1) is 24.7. The van der Waals surface area contributed by atoms with Gasteiger partial charge in [0.05, 0.1) is 12.5 Å². The highest BCUT2D eigenvalue weighted by molar-refractivity contribution is 5.74. The molecule has 1 aromatic rings. The molecule has 0 aliphatic heterocycles. The predicted octanol–water partition coefficient (Wildman–Crippen LogP) is 6.69. The first-order valence-corrected chi connectivity index (χ1v) is 11.4.